The van der Waals surface area contributed by atoms with Gasteiger partial charge in [-0.2, -0.15) is 10.4 Å². The molecule has 0 bridgehead atoms. The molecule has 1 aliphatic rings. The van der Waals surface area contributed by atoms with E-state index in [1.165, 1.54) is 0 Å². The quantitative estimate of drug-likeness (QED) is 0.786. The average Bonchev–Trinajstić information content (AvgIpc) is 2.93. The van der Waals surface area contributed by atoms with Crippen LogP contribution in [0, 0.1) is 18.3 Å². The highest BCUT2D eigenvalue weighted by Crippen LogP contribution is 2.35. The first kappa shape index (κ1) is 11.7. The maximum absolute atomic E-state index is 11.8. The van der Waals surface area contributed by atoms with Crippen LogP contribution < -0.4 is 5.73 Å². The number of carbonyl (C=O) groups excluding carboxylic acids is 1. The number of aromatic nitrogens is 2. The SMILES string of the molecule is CC(=O)c1c(C)nn2c(N)c(C#N)c3c(c12)CCC3. The first-order valence-corrected chi connectivity index (χ1v) is 6.29. The number of nitrogen functional groups attached to an aromatic ring is 1. The standard InChI is InChI=1S/C14H14N4O/c1-7-12(8(2)19)13-10-5-3-4-9(10)11(6-15)14(16)18(13)17-7/h3-5,16H2,1-2H3. The van der Waals surface area contributed by atoms with E-state index in [0.717, 1.165) is 35.9 Å². The number of anilines is 1. The summed E-state index contributed by atoms with van der Waals surface area (Å²) in [6.45, 7) is 3.34. The summed E-state index contributed by atoms with van der Waals surface area (Å²) in [7, 11) is 0. The van der Waals surface area contributed by atoms with Crippen LogP contribution in [0.2, 0.25) is 0 Å². The molecule has 0 spiro atoms. The van der Waals surface area contributed by atoms with E-state index in [9.17, 15) is 10.1 Å². The van der Waals surface area contributed by atoms with Gasteiger partial charge in [0.05, 0.1) is 22.3 Å². The number of carbonyl (C=O) groups is 1. The molecule has 2 aromatic heterocycles. The van der Waals surface area contributed by atoms with Gasteiger partial charge >= 0.3 is 0 Å². The summed E-state index contributed by atoms with van der Waals surface area (Å²) in [5.41, 5.74) is 10.7. The normalized spacial score (nSPS) is 13.5. The zero-order valence-corrected chi connectivity index (χ0v) is 10.9. The van der Waals surface area contributed by atoms with Gasteiger partial charge in [-0.1, -0.05) is 0 Å². The number of Topliss-reactive ketones (excluding diaryl/α,β-unsaturated/α-hetero) is 1. The summed E-state index contributed by atoms with van der Waals surface area (Å²) >= 11 is 0. The maximum Gasteiger partial charge on any atom is 0.163 e. The van der Waals surface area contributed by atoms with Crippen LogP contribution in [0.3, 0.4) is 0 Å². The zero-order valence-electron chi connectivity index (χ0n) is 10.9. The molecule has 0 radical (unpaired) electrons. The lowest BCUT2D eigenvalue weighted by Gasteiger charge is -2.09. The van der Waals surface area contributed by atoms with E-state index >= 15 is 0 Å². The van der Waals surface area contributed by atoms with Crippen LogP contribution in [0.1, 0.15) is 46.1 Å². The molecule has 5 heteroatoms. The second kappa shape index (κ2) is 3.82. The van der Waals surface area contributed by atoms with E-state index < -0.39 is 0 Å². The molecule has 3 rings (SSSR count). The third-order valence-electron chi connectivity index (χ3n) is 3.81. The second-order valence-electron chi connectivity index (χ2n) is 4.96. The lowest BCUT2D eigenvalue weighted by molar-refractivity contribution is 0.101. The fourth-order valence-electron chi connectivity index (χ4n) is 3.07. The van der Waals surface area contributed by atoms with Gasteiger partial charge in [0.15, 0.2) is 5.78 Å². The first-order valence-electron chi connectivity index (χ1n) is 6.29. The molecular weight excluding hydrogens is 240 g/mol. The number of aryl methyl sites for hydroxylation is 2. The minimum absolute atomic E-state index is 0.00860. The number of nitrogens with two attached hydrogens (primary N) is 1. The molecule has 1 aliphatic carbocycles. The monoisotopic (exact) mass is 254 g/mol. The van der Waals surface area contributed by atoms with Gasteiger partial charge < -0.3 is 5.73 Å². The topological polar surface area (TPSA) is 84.2 Å². The third-order valence-corrected chi connectivity index (χ3v) is 3.81. The molecule has 0 amide bonds. The largest absolute Gasteiger partial charge is 0.383 e. The van der Waals surface area contributed by atoms with Gasteiger partial charge in [0.1, 0.15) is 11.9 Å². The van der Waals surface area contributed by atoms with E-state index in [4.69, 9.17) is 5.73 Å². The molecule has 0 aliphatic heterocycles. The predicted octanol–water partition coefficient (Wildman–Crippen LogP) is 1.79. The molecule has 0 saturated heterocycles. The Morgan fingerprint density at radius 1 is 1.42 bits per heavy atom. The minimum atomic E-state index is -0.00860. The molecule has 2 N–H and O–H groups in total. The molecule has 0 aromatic carbocycles. The highest BCUT2D eigenvalue weighted by molar-refractivity contribution is 6.03. The maximum atomic E-state index is 11.8. The Bertz CT molecular complexity index is 764. The first-order chi connectivity index (χ1) is 9.06. The molecule has 0 unspecified atom stereocenters. The summed E-state index contributed by atoms with van der Waals surface area (Å²) in [5, 5.41) is 13.6. The van der Waals surface area contributed by atoms with Gasteiger partial charge in [-0.15, -0.1) is 0 Å². The summed E-state index contributed by atoms with van der Waals surface area (Å²) in [6.07, 6.45) is 2.71. The van der Waals surface area contributed by atoms with Crippen LogP contribution in [0.5, 0.6) is 0 Å². The van der Waals surface area contributed by atoms with E-state index in [0.29, 0.717) is 22.6 Å². The van der Waals surface area contributed by atoms with Crippen LogP contribution in [0.4, 0.5) is 5.82 Å². The van der Waals surface area contributed by atoms with E-state index in [1.807, 2.05) is 0 Å². The van der Waals surface area contributed by atoms with Gasteiger partial charge in [0.25, 0.3) is 0 Å². The van der Waals surface area contributed by atoms with Crippen molar-refractivity contribution in [3.8, 4) is 6.07 Å². The minimum Gasteiger partial charge on any atom is -0.383 e. The zero-order chi connectivity index (χ0) is 13.7. The van der Waals surface area contributed by atoms with Crippen molar-refractivity contribution >= 4 is 17.1 Å². The summed E-state index contributed by atoms with van der Waals surface area (Å²) in [6, 6.07) is 2.17. The van der Waals surface area contributed by atoms with Crippen LogP contribution in [0.15, 0.2) is 0 Å². The lowest BCUT2D eigenvalue weighted by Crippen LogP contribution is -2.07. The summed E-state index contributed by atoms with van der Waals surface area (Å²) < 4.78 is 1.56. The number of pyridine rings is 1. The lowest BCUT2D eigenvalue weighted by atomic mass is 10.0. The summed E-state index contributed by atoms with van der Waals surface area (Å²) in [4.78, 5) is 11.8. The Morgan fingerprint density at radius 2 is 2.11 bits per heavy atom. The van der Waals surface area contributed by atoms with Crippen molar-refractivity contribution in [2.24, 2.45) is 0 Å². The van der Waals surface area contributed by atoms with Gasteiger partial charge in [0.2, 0.25) is 0 Å². The molecule has 0 saturated carbocycles. The van der Waals surface area contributed by atoms with Crippen molar-refractivity contribution in [3.63, 3.8) is 0 Å². The van der Waals surface area contributed by atoms with Crippen molar-refractivity contribution in [1.29, 1.82) is 5.26 Å². The highest BCUT2D eigenvalue weighted by Gasteiger charge is 2.27. The molecule has 19 heavy (non-hydrogen) atoms. The fourth-order valence-corrected chi connectivity index (χ4v) is 3.07. The molecule has 5 nitrogen and oxygen atoms in total. The van der Waals surface area contributed by atoms with Crippen LogP contribution in [-0.4, -0.2) is 15.4 Å². The Hall–Kier alpha value is -2.35. The van der Waals surface area contributed by atoms with Gasteiger partial charge in [-0.3, -0.25) is 4.79 Å². The van der Waals surface area contributed by atoms with E-state index in [2.05, 4.69) is 11.2 Å². The molecule has 96 valence electrons. The number of fused-ring (bicyclic) bond motifs is 3. The number of nitrogens with zero attached hydrogens (tertiary/aromatic N) is 3. The van der Waals surface area contributed by atoms with Crippen LogP contribution >= 0.6 is 0 Å². The Balaban J connectivity index is 2.56. The smallest absolute Gasteiger partial charge is 0.163 e. The van der Waals surface area contributed by atoms with Crippen LogP contribution in [0.25, 0.3) is 5.52 Å². The van der Waals surface area contributed by atoms with Gasteiger partial charge in [-0.05, 0) is 44.2 Å². The number of hydrogen-bond acceptors (Lipinski definition) is 4. The highest BCUT2D eigenvalue weighted by atomic mass is 16.1. The van der Waals surface area contributed by atoms with Gasteiger partial charge in [0, 0.05) is 0 Å². The van der Waals surface area contributed by atoms with Crippen LogP contribution in [-0.2, 0) is 12.8 Å². The molecular formula is C14H14N4O. The van der Waals surface area contributed by atoms with E-state index in [-0.39, 0.29) is 5.78 Å². The number of nitriles is 1. The number of ketones is 1. The molecule has 0 atom stereocenters. The third kappa shape index (κ3) is 1.40. The van der Waals surface area contributed by atoms with Crippen molar-refractivity contribution in [3.05, 3.63) is 27.9 Å². The van der Waals surface area contributed by atoms with Crippen molar-refractivity contribution < 1.29 is 4.79 Å². The van der Waals surface area contributed by atoms with Crippen molar-refractivity contribution in [2.45, 2.75) is 33.1 Å². The van der Waals surface area contributed by atoms with Crippen molar-refractivity contribution in [1.82, 2.24) is 9.61 Å². The van der Waals surface area contributed by atoms with E-state index in [1.54, 1.807) is 18.4 Å². The fraction of sp³-hybridized carbons (Fsp3) is 0.357. The van der Waals surface area contributed by atoms with Crippen molar-refractivity contribution in [2.75, 3.05) is 5.73 Å². The Labute approximate surface area is 110 Å². The Kier molecular flexibility index (Phi) is 2.36. The molecule has 2 aromatic rings. The Morgan fingerprint density at radius 3 is 2.74 bits per heavy atom. The average molecular weight is 254 g/mol. The van der Waals surface area contributed by atoms with Gasteiger partial charge in [-0.25, -0.2) is 4.52 Å². The molecule has 0 fully saturated rings. The second-order valence-corrected chi connectivity index (χ2v) is 4.96. The number of hydrogen-bond donors (Lipinski definition) is 1. The predicted molar refractivity (Wildman–Crippen MR) is 71.1 cm³/mol. The number of rotatable bonds is 1. The molecule has 2 heterocycles. The summed E-state index contributed by atoms with van der Waals surface area (Å²) in [5.74, 6) is 0.333.